The van der Waals surface area contributed by atoms with E-state index in [9.17, 15) is 4.79 Å². The molecule has 1 unspecified atom stereocenters. The zero-order valence-corrected chi connectivity index (χ0v) is 26.3. The smallest absolute Gasteiger partial charge is 0.306 e. The molecule has 38 heavy (non-hydrogen) atoms. The predicted molar refractivity (Wildman–Crippen MR) is 161 cm³/mol. The molecule has 4 rings (SSSR count). The molecule has 0 N–H and O–H groups in total. The van der Waals surface area contributed by atoms with E-state index in [-0.39, 0.29) is 12.1 Å². The molecular formula is C36H62O2. The van der Waals surface area contributed by atoms with Gasteiger partial charge in [0.15, 0.2) is 0 Å². The topological polar surface area (TPSA) is 26.3 Å². The number of rotatable bonds is 12. The van der Waals surface area contributed by atoms with Crippen LogP contribution >= 0.6 is 0 Å². The molecule has 0 saturated heterocycles. The molecule has 9 atom stereocenters. The molecular weight excluding hydrogens is 464 g/mol. The minimum Gasteiger partial charge on any atom is -0.462 e. The van der Waals surface area contributed by atoms with Crippen LogP contribution in [0.2, 0.25) is 0 Å². The van der Waals surface area contributed by atoms with Crippen LogP contribution in [0.1, 0.15) is 151 Å². The van der Waals surface area contributed by atoms with Crippen LogP contribution in [0, 0.1) is 52.3 Å². The third-order valence-electron chi connectivity index (χ3n) is 12.8. The Hall–Kier alpha value is -0.790. The maximum atomic E-state index is 12.5. The number of allylic oxidation sites excluding steroid dienone is 1. The van der Waals surface area contributed by atoms with Gasteiger partial charge in [-0.1, -0.05) is 98.6 Å². The number of ether oxygens (including phenoxy) is 1. The maximum absolute atomic E-state index is 12.5. The van der Waals surface area contributed by atoms with E-state index in [1.54, 1.807) is 5.57 Å². The highest BCUT2D eigenvalue weighted by Gasteiger charge is 2.59. The van der Waals surface area contributed by atoms with Crippen molar-refractivity contribution < 1.29 is 9.53 Å². The number of unbranched alkanes of at least 4 members (excludes halogenated alkanes) is 4. The number of esters is 1. The Morgan fingerprint density at radius 1 is 0.947 bits per heavy atom. The fourth-order valence-electron chi connectivity index (χ4n) is 9.88. The summed E-state index contributed by atoms with van der Waals surface area (Å²) in [6.07, 6.45) is 22.4. The van der Waals surface area contributed by atoms with E-state index in [0.717, 1.165) is 67.1 Å². The summed E-state index contributed by atoms with van der Waals surface area (Å²) in [6.45, 7) is 17.4. The third-order valence-corrected chi connectivity index (χ3v) is 12.8. The van der Waals surface area contributed by atoms with Crippen molar-refractivity contribution in [2.75, 3.05) is 0 Å². The van der Waals surface area contributed by atoms with Crippen LogP contribution in [0.15, 0.2) is 11.6 Å². The molecule has 0 aromatic rings. The molecule has 0 aromatic carbocycles. The first-order valence-electron chi connectivity index (χ1n) is 17.0. The van der Waals surface area contributed by atoms with Crippen molar-refractivity contribution >= 4 is 5.97 Å². The van der Waals surface area contributed by atoms with E-state index >= 15 is 0 Å². The molecule has 0 amide bonds. The SMILES string of the molecule is CCCCCCCC(=O)OC1CC[C@@]2(C)C(=CC[C@H]3[C@@H]4CC[C@H]([C@H](C)CC[C@H](C)C(C)C)[C@@]4(C)CC[C@@H]32)C1. The van der Waals surface area contributed by atoms with Gasteiger partial charge < -0.3 is 4.74 Å². The van der Waals surface area contributed by atoms with Crippen LogP contribution in [0.25, 0.3) is 0 Å². The minimum atomic E-state index is 0.0479. The Labute approximate surface area is 236 Å². The van der Waals surface area contributed by atoms with Gasteiger partial charge in [0.2, 0.25) is 0 Å². The highest BCUT2D eigenvalue weighted by molar-refractivity contribution is 5.69. The molecule has 0 bridgehead atoms. The lowest BCUT2D eigenvalue weighted by molar-refractivity contribution is -0.151. The molecule has 3 saturated carbocycles. The van der Waals surface area contributed by atoms with E-state index in [1.807, 2.05) is 0 Å². The predicted octanol–water partition coefficient (Wildman–Crippen LogP) is 10.5. The maximum Gasteiger partial charge on any atom is 0.306 e. The van der Waals surface area contributed by atoms with Gasteiger partial charge in [-0.2, -0.15) is 0 Å². The standard InChI is InChI=1S/C36H62O2/c1-8-9-10-11-12-13-34(37)38-29-20-22-35(6)28(24-29)16-17-30-32-19-18-31(36(32,7)23-21-33(30)35)27(5)15-14-26(4)25(2)3/h16,25-27,29-33H,8-15,17-24H2,1-7H3/t26-,27+,29?,30-,31+,32-,33-,35-,36+/m0/s1. The molecule has 0 aromatic heterocycles. The van der Waals surface area contributed by atoms with Gasteiger partial charge in [0.25, 0.3) is 0 Å². The number of carbonyl (C=O) groups excluding carboxylic acids is 1. The molecule has 0 heterocycles. The van der Waals surface area contributed by atoms with Crippen molar-refractivity contribution in [3.63, 3.8) is 0 Å². The van der Waals surface area contributed by atoms with E-state index in [2.05, 4.69) is 54.5 Å². The largest absolute Gasteiger partial charge is 0.462 e. The third kappa shape index (κ3) is 6.25. The quantitative estimate of drug-likeness (QED) is 0.144. The summed E-state index contributed by atoms with van der Waals surface area (Å²) in [5, 5.41) is 0. The Morgan fingerprint density at radius 3 is 2.45 bits per heavy atom. The number of hydrogen-bond donors (Lipinski definition) is 0. The molecule has 2 heteroatoms. The van der Waals surface area contributed by atoms with Crippen LogP contribution < -0.4 is 0 Å². The van der Waals surface area contributed by atoms with Crippen molar-refractivity contribution in [3.8, 4) is 0 Å². The van der Waals surface area contributed by atoms with Crippen molar-refractivity contribution in [1.82, 2.24) is 0 Å². The molecule has 4 aliphatic carbocycles. The first-order chi connectivity index (χ1) is 18.1. The van der Waals surface area contributed by atoms with Crippen LogP contribution in [-0.4, -0.2) is 12.1 Å². The first kappa shape index (κ1) is 30.2. The zero-order valence-electron chi connectivity index (χ0n) is 26.3. The van der Waals surface area contributed by atoms with Crippen LogP contribution in [-0.2, 0) is 9.53 Å². The second kappa shape index (κ2) is 12.8. The summed E-state index contributed by atoms with van der Waals surface area (Å²) >= 11 is 0. The molecule has 0 aliphatic heterocycles. The summed E-state index contributed by atoms with van der Waals surface area (Å²) in [6, 6.07) is 0. The van der Waals surface area contributed by atoms with Crippen LogP contribution in [0.3, 0.4) is 0 Å². The molecule has 4 aliphatic rings. The van der Waals surface area contributed by atoms with Gasteiger partial charge >= 0.3 is 5.97 Å². The second-order valence-electron chi connectivity index (χ2n) is 15.3. The number of hydrogen-bond acceptors (Lipinski definition) is 2. The lowest BCUT2D eigenvalue weighted by Gasteiger charge is -2.58. The van der Waals surface area contributed by atoms with Gasteiger partial charge in [-0.15, -0.1) is 0 Å². The van der Waals surface area contributed by atoms with Crippen molar-refractivity contribution in [2.45, 2.75) is 157 Å². The summed E-state index contributed by atoms with van der Waals surface area (Å²) in [4.78, 5) is 12.5. The Balaban J connectivity index is 1.34. The van der Waals surface area contributed by atoms with Gasteiger partial charge in [-0.05, 0) is 104 Å². The van der Waals surface area contributed by atoms with E-state index < -0.39 is 0 Å². The summed E-state index contributed by atoms with van der Waals surface area (Å²) in [5.74, 6) is 6.11. The summed E-state index contributed by atoms with van der Waals surface area (Å²) in [5.41, 5.74) is 2.52. The van der Waals surface area contributed by atoms with Gasteiger partial charge in [-0.3, -0.25) is 4.79 Å². The molecule has 2 nitrogen and oxygen atoms in total. The molecule has 0 radical (unpaired) electrons. The lowest BCUT2D eigenvalue weighted by atomic mass is 9.47. The summed E-state index contributed by atoms with van der Waals surface area (Å²) in [7, 11) is 0. The van der Waals surface area contributed by atoms with E-state index in [4.69, 9.17) is 4.74 Å². The highest BCUT2D eigenvalue weighted by atomic mass is 16.5. The minimum absolute atomic E-state index is 0.0479. The van der Waals surface area contributed by atoms with Crippen molar-refractivity contribution in [1.29, 1.82) is 0 Å². The fourth-order valence-corrected chi connectivity index (χ4v) is 9.88. The van der Waals surface area contributed by atoms with Crippen molar-refractivity contribution in [3.05, 3.63) is 11.6 Å². The fraction of sp³-hybridized carbons (Fsp3) is 0.917. The van der Waals surface area contributed by atoms with Crippen LogP contribution in [0.5, 0.6) is 0 Å². The first-order valence-corrected chi connectivity index (χ1v) is 17.0. The molecule has 0 spiro atoms. The van der Waals surface area contributed by atoms with Gasteiger partial charge in [0.1, 0.15) is 6.10 Å². The molecule has 3 fully saturated rings. The van der Waals surface area contributed by atoms with Gasteiger partial charge in [0, 0.05) is 12.8 Å². The number of carbonyl (C=O) groups is 1. The van der Waals surface area contributed by atoms with Gasteiger partial charge in [0.05, 0.1) is 0 Å². The summed E-state index contributed by atoms with van der Waals surface area (Å²) < 4.78 is 6.03. The Morgan fingerprint density at radius 2 is 1.71 bits per heavy atom. The van der Waals surface area contributed by atoms with Crippen molar-refractivity contribution in [2.24, 2.45) is 52.3 Å². The zero-order chi connectivity index (χ0) is 27.5. The Bertz CT molecular complexity index is 812. The van der Waals surface area contributed by atoms with Crippen LogP contribution in [0.4, 0.5) is 0 Å². The average Bonchev–Trinajstić information content (AvgIpc) is 3.24. The normalized spacial score (nSPS) is 38.1. The monoisotopic (exact) mass is 526 g/mol. The molecule has 218 valence electrons. The number of fused-ring (bicyclic) bond motifs is 5. The highest BCUT2D eigenvalue weighted by Crippen LogP contribution is 2.67. The van der Waals surface area contributed by atoms with E-state index in [0.29, 0.717) is 17.3 Å². The average molecular weight is 527 g/mol. The Kier molecular flexibility index (Phi) is 10.2. The van der Waals surface area contributed by atoms with Gasteiger partial charge in [-0.25, -0.2) is 0 Å². The van der Waals surface area contributed by atoms with E-state index in [1.165, 1.54) is 70.6 Å². The lowest BCUT2D eigenvalue weighted by Crippen LogP contribution is -2.51. The second-order valence-corrected chi connectivity index (χ2v) is 15.3.